The molecule has 0 aromatic heterocycles. The van der Waals surface area contributed by atoms with Crippen LogP contribution in [0.25, 0.3) is 0 Å². The van der Waals surface area contributed by atoms with Gasteiger partial charge in [-0.25, -0.2) is 0 Å². The average Bonchev–Trinajstić information content (AvgIpc) is 3.47. The van der Waals surface area contributed by atoms with Crippen molar-refractivity contribution in [3.63, 3.8) is 0 Å². The third kappa shape index (κ3) is 4.66. The average molecular weight is 525 g/mol. The Morgan fingerprint density at radius 3 is 2.84 bits per heavy atom. The van der Waals surface area contributed by atoms with Gasteiger partial charge in [0, 0.05) is 43.1 Å². The van der Waals surface area contributed by atoms with Gasteiger partial charge in [-0.3, -0.25) is 9.79 Å². The fraction of sp³-hybridized carbons (Fsp3) is 0.379. The van der Waals surface area contributed by atoms with Gasteiger partial charge in [-0.1, -0.05) is 18.2 Å². The molecule has 0 saturated heterocycles. The van der Waals surface area contributed by atoms with Crippen LogP contribution in [0.1, 0.15) is 59.1 Å². The van der Waals surface area contributed by atoms with E-state index in [4.69, 9.17) is 14.6 Å². The van der Waals surface area contributed by atoms with Gasteiger partial charge in [0.2, 0.25) is 0 Å². The third-order valence-corrected chi connectivity index (χ3v) is 7.75. The predicted molar refractivity (Wildman–Crippen MR) is 135 cm³/mol. The zero-order valence-electron chi connectivity index (χ0n) is 20.6. The number of alkyl halides is 3. The topological polar surface area (TPSA) is 71.4 Å². The lowest BCUT2D eigenvalue weighted by Gasteiger charge is -2.32. The Kier molecular flexibility index (Phi) is 6.16. The quantitative estimate of drug-likeness (QED) is 0.516. The summed E-state index contributed by atoms with van der Waals surface area (Å²) in [5.41, 5.74) is 3.06. The van der Waals surface area contributed by atoms with Crippen LogP contribution < -0.4 is 9.47 Å². The number of hydrogen-bond acceptors (Lipinski definition) is 5. The molecule has 2 aromatic rings. The van der Waals surface area contributed by atoms with E-state index in [1.54, 1.807) is 24.4 Å². The van der Waals surface area contributed by atoms with Gasteiger partial charge in [-0.15, -0.1) is 0 Å². The van der Waals surface area contributed by atoms with E-state index in [1.165, 1.54) is 6.07 Å². The molecule has 1 aliphatic carbocycles. The Labute approximate surface area is 218 Å². The van der Waals surface area contributed by atoms with E-state index in [0.29, 0.717) is 48.6 Å². The molecule has 3 heterocycles. The predicted octanol–water partition coefficient (Wildman–Crippen LogP) is 5.82. The Bertz CT molecular complexity index is 1360. The molecule has 0 fully saturated rings. The minimum Gasteiger partial charge on any atom is -0.492 e. The summed E-state index contributed by atoms with van der Waals surface area (Å²) in [5.74, 6) is 0.0590. The van der Waals surface area contributed by atoms with Crippen LogP contribution in [0, 0.1) is 0 Å². The number of ether oxygens (including phenoxy) is 2. The van der Waals surface area contributed by atoms with Crippen molar-refractivity contribution in [2.75, 3.05) is 13.2 Å². The molecule has 6 rings (SSSR count). The maximum atomic E-state index is 14.1. The van der Waals surface area contributed by atoms with Crippen LogP contribution in [0.15, 0.2) is 59.2 Å². The maximum Gasteiger partial charge on any atom is 0.416 e. The Balaban J connectivity index is 1.26. The molecule has 1 N–H and O–H groups in total. The number of halogens is 3. The number of hydrogen-bond donors (Lipinski definition) is 1. The van der Waals surface area contributed by atoms with E-state index in [0.717, 1.165) is 23.1 Å². The first-order chi connectivity index (χ1) is 18.3. The van der Waals surface area contributed by atoms with Crippen molar-refractivity contribution < 1.29 is 32.5 Å². The minimum absolute atomic E-state index is 0.00856. The molecule has 0 saturated carbocycles. The molecule has 6 nitrogen and oxygen atoms in total. The zero-order chi connectivity index (χ0) is 26.4. The molecule has 0 spiro atoms. The molecular weight excluding hydrogens is 497 g/mol. The van der Waals surface area contributed by atoms with Gasteiger partial charge in [-0.2, -0.15) is 13.2 Å². The van der Waals surface area contributed by atoms with Crippen LogP contribution in [0.5, 0.6) is 11.5 Å². The molecule has 3 aliphatic heterocycles. The van der Waals surface area contributed by atoms with Crippen LogP contribution >= 0.6 is 0 Å². The Hall–Kier alpha value is -3.75. The first kappa shape index (κ1) is 24.6. The summed E-state index contributed by atoms with van der Waals surface area (Å²) in [6, 6.07) is 8.16. The molecule has 0 bridgehead atoms. The second-order valence-corrected chi connectivity index (χ2v) is 10.2. The lowest BCUT2D eigenvalue weighted by atomic mass is 9.94. The molecule has 38 heavy (non-hydrogen) atoms. The second-order valence-electron chi connectivity index (χ2n) is 10.2. The van der Waals surface area contributed by atoms with Crippen LogP contribution in [-0.4, -0.2) is 41.4 Å². The van der Waals surface area contributed by atoms with Crippen LogP contribution in [-0.2, 0) is 23.9 Å². The van der Waals surface area contributed by atoms with E-state index < -0.39 is 17.7 Å². The number of fused-ring (bicyclic) bond motifs is 3. The maximum absolute atomic E-state index is 14.1. The van der Waals surface area contributed by atoms with E-state index >= 15 is 0 Å². The van der Waals surface area contributed by atoms with Gasteiger partial charge in [0.1, 0.15) is 17.6 Å². The molecule has 3 atom stereocenters. The van der Waals surface area contributed by atoms with Gasteiger partial charge >= 0.3 is 12.1 Å². The highest BCUT2D eigenvalue weighted by Gasteiger charge is 2.38. The molecule has 4 aliphatic rings. The van der Waals surface area contributed by atoms with Crippen molar-refractivity contribution in [3.05, 3.63) is 82.1 Å². The zero-order valence-corrected chi connectivity index (χ0v) is 20.6. The van der Waals surface area contributed by atoms with E-state index in [1.807, 2.05) is 29.3 Å². The Morgan fingerprint density at radius 2 is 2.03 bits per heavy atom. The number of dihydropyridines is 1. The summed E-state index contributed by atoms with van der Waals surface area (Å²) in [6.45, 7) is 1.12. The summed E-state index contributed by atoms with van der Waals surface area (Å²) in [5, 5.41) is 9.12. The van der Waals surface area contributed by atoms with Gasteiger partial charge in [0.05, 0.1) is 24.6 Å². The number of aliphatic imine (C=N–C) groups is 1. The van der Waals surface area contributed by atoms with Crippen molar-refractivity contribution in [2.24, 2.45) is 4.99 Å². The monoisotopic (exact) mass is 524 g/mol. The fourth-order valence-corrected chi connectivity index (χ4v) is 5.95. The highest BCUT2D eigenvalue weighted by atomic mass is 19.4. The van der Waals surface area contributed by atoms with Crippen LogP contribution in [0.2, 0.25) is 0 Å². The summed E-state index contributed by atoms with van der Waals surface area (Å²) in [4.78, 5) is 17.5. The highest BCUT2D eigenvalue weighted by Crippen LogP contribution is 2.44. The SMILES string of the molecule is O=C(O)CC1COc2cc(O[C@@H]3CCc4c3ccc(C(F)(F)F)c4CN3C=C4C=CC=N[C@H]4CC3)ccc21. The number of benzene rings is 2. The summed E-state index contributed by atoms with van der Waals surface area (Å²) in [7, 11) is 0. The lowest BCUT2D eigenvalue weighted by molar-refractivity contribution is -0.139. The van der Waals surface area contributed by atoms with Crippen LogP contribution in [0.3, 0.4) is 0 Å². The van der Waals surface area contributed by atoms with Gasteiger partial charge in [-0.05, 0) is 59.7 Å². The number of nitrogens with zero attached hydrogens (tertiary/aromatic N) is 2. The molecule has 1 unspecified atom stereocenters. The lowest BCUT2D eigenvalue weighted by Crippen LogP contribution is -2.30. The van der Waals surface area contributed by atoms with Gasteiger partial charge in [0.15, 0.2) is 0 Å². The largest absolute Gasteiger partial charge is 0.492 e. The highest BCUT2D eigenvalue weighted by molar-refractivity contribution is 5.74. The van der Waals surface area contributed by atoms with Crippen LogP contribution in [0.4, 0.5) is 13.2 Å². The summed E-state index contributed by atoms with van der Waals surface area (Å²) >= 11 is 0. The van der Waals surface area contributed by atoms with E-state index in [9.17, 15) is 18.0 Å². The number of aliphatic carboxylic acids is 1. The van der Waals surface area contributed by atoms with Crippen molar-refractivity contribution in [1.82, 2.24) is 4.90 Å². The van der Waals surface area contributed by atoms with E-state index in [2.05, 4.69) is 4.99 Å². The summed E-state index contributed by atoms with van der Waals surface area (Å²) < 4.78 is 54.2. The first-order valence-corrected chi connectivity index (χ1v) is 12.8. The molecule has 2 aromatic carbocycles. The van der Waals surface area contributed by atoms with Gasteiger partial charge < -0.3 is 19.5 Å². The van der Waals surface area contributed by atoms with Crippen molar-refractivity contribution in [2.45, 2.75) is 56.5 Å². The second kappa shape index (κ2) is 9.53. The van der Waals surface area contributed by atoms with Crippen molar-refractivity contribution >= 4 is 12.2 Å². The molecule has 0 amide bonds. The molecule has 198 valence electrons. The fourth-order valence-electron chi connectivity index (χ4n) is 5.95. The normalized spacial score (nSPS) is 23.4. The van der Waals surface area contributed by atoms with Crippen molar-refractivity contribution in [1.29, 1.82) is 0 Å². The standard InChI is InChI=1S/C29H27F3N2O4/c30-29(31,32)24-7-5-22-21(23(24)15-34-11-9-25-17(14-34)2-1-10-33-25)6-8-26(22)38-19-3-4-20-18(12-28(35)36)16-37-27(20)13-19/h1-5,7,10,13-14,18,25-26H,6,8-9,11-12,15-16H2,(H,35,36)/t18?,25-,26+/m0/s1. The number of allylic oxidation sites excluding steroid dienone is 1. The summed E-state index contributed by atoms with van der Waals surface area (Å²) in [6.07, 6.45) is 4.53. The third-order valence-electron chi connectivity index (χ3n) is 7.75. The number of carboxylic acid groups (broad SMARTS) is 1. The number of carbonyl (C=O) groups is 1. The molecule has 9 heteroatoms. The minimum atomic E-state index is -4.45. The Morgan fingerprint density at radius 1 is 1.18 bits per heavy atom. The molecular formula is C29H27F3N2O4. The van der Waals surface area contributed by atoms with E-state index in [-0.39, 0.29) is 31.0 Å². The first-order valence-electron chi connectivity index (χ1n) is 12.8. The molecule has 0 radical (unpaired) electrons. The number of rotatable bonds is 6. The van der Waals surface area contributed by atoms with Crippen molar-refractivity contribution in [3.8, 4) is 11.5 Å². The number of carboxylic acids is 1. The smallest absolute Gasteiger partial charge is 0.416 e. The van der Waals surface area contributed by atoms with Gasteiger partial charge in [0.25, 0.3) is 0 Å².